The Balaban J connectivity index is 2.07. The van der Waals surface area contributed by atoms with Crippen LogP contribution in [-0.4, -0.2) is 51.0 Å². The molecule has 8 heteroatoms. The minimum Gasteiger partial charge on any atom is -0.390 e. The third-order valence-corrected chi connectivity index (χ3v) is 3.92. The van der Waals surface area contributed by atoms with E-state index in [9.17, 15) is 9.50 Å². The third kappa shape index (κ3) is 2.55. The molecule has 1 aliphatic heterocycles. The van der Waals surface area contributed by atoms with Gasteiger partial charge < -0.3 is 15.3 Å². The van der Waals surface area contributed by atoms with E-state index in [1.165, 1.54) is 6.20 Å². The van der Waals surface area contributed by atoms with Crippen LogP contribution in [0.4, 0.5) is 10.3 Å². The van der Waals surface area contributed by atoms with E-state index in [1.54, 1.807) is 11.7 Å². The van der Waals surface area contributed by atoms with E-state index in [0.29, 0.717) is 17.2 Å². The molecule has 0 aliphatic carbocycles. The Bertz CT molecular complexity index is 680. The van der Waals surface area contributed by atoms with Gasteiger partial charge in [0.2, 0.25) is 5.95 Å². The average molecular weight is 306 g/mol. The molecular weight excluding hydrogens is 287 g/mol. The van der Waals surface area contributed by atoms with E-state index in [2.05, 4.69) is 20.4 Å². The van der Waals surface area contributed by atoms with Crippen molar-refractivity contribution in [3.63, 3.8) is 0 Å². The highest BCUT2D eigenvalue weighted by molar-refractivity contribution is 5.66. The number of hydrogen-bond acceptors (Lipinski definition) is 6. The SMILES string of the molecule is Cc1c(-c2nc(N3CCNCC3)ncc2F)c(CO)nn1C. The van der Waals surface area contributed by atoms with Crippen molar-refractivity contribution in [3.8, 4) is 11.3 Å². The quantitative estimate of drug-likeness (QED) is 0.845. The molecule has 2 N–H and O–H groups in total. The van der Waals surface area contributed by atoms with Gasteiger partial charge in [-0.15, -0.1) is 0 Å². The average Bonchev–Trinajstić information content (AvgIpc) is 2.84. The molecule has 7 nitrogen and oxygen atoms in total. The van der Waals surface area contributed by atoms with E-state index >= 15 is 0 Å². The fourth-order valence-corrected chi connectivity index (χ4v) is 2.65. The lowest BCUT2D eigenvalue weighted by atomic mass is 10.1. The monoisotopic (exact) mass is 306 g/mol. The molecule has 1 saturated heterocycles. The Morgan fingerprint density at radius 2 is 2.09 bits per heavy atom. The van der Waals surface area contributed by atoms with Gasteiger partial charge in [-0.3, -0.25) is 4.68 Å². The van der Waals surface area contributed by atoms with Gasteiger partial charge in [0.05, 0.1) is 18.5 Å². The van der Waals surface area contributed by atoms with Crippen LogP contribution in [0.5, 0.6) is 0 Å². The number of aromatic nitrogens is 4. The number of rotatable bonds is 3. The van der Waals surface area contributed by atoms with Crippen molar-refractivity contribution in [3.05, 3.63) is 23.4 Å². The molecular formula is C14H19FN6O. The van der Waals surface area contributed by atoms with Crippen LogP contribution >= 0.6 is 0 Å². The Hall–Kier alpha value is -2.06. The van der Waals surface area contributed by atoms with Crippen LogP contribution in [-0.2, 0) is 13.7 Å². The van der Waals surface area contributed by atoms with Crippen LogP contribution in [0.3, 0.4) is 0 Å². The second-order valence-electron chi connectivity index (χ2n) is 5.29. The zero-order chi connectivity index (χ0) is 15.7. The predicted molar refractivity (Wildman–Crippen MR) is 79.9 cm³/mol. The molecule has 3 rings (SSSR count). The van der Waals surface area contributed by atoms with Gasteiger partial charge in [0.15, 0.2) is 5.82 Å². The van der Waals surface area contributed by atoms with Crippen LogP contribution < -0.4 is 10.2 Å². The fraction of sp³-hybridized carbons (Fsp3) is 0.500. The van der Waals surface area contributed by atoms with Crippen LogP contribution in [0.25, 0.3) is 11.3 Å². The molecule has 3 heterocycles. The summed E-state index contributed by atoms with van der Waals surface area (Å²) in [6.07, 6.45) is 1.19. The maximum atomic E-state index is 14.3. The topological polar surface area (TPSA) is 79.1 Å². The first-order valence-corrected chi connectivity index (χ1v) is 7.23. The van der Waals surface area contributed by atoms with Gasteiger partial charge in [-0.1, -0.05) is 0 Å². The highest BCUT2D eigenvalue weighted by Gasteiger charge is 2.22. The van der Waals surface area contributed by atoms with Gasteiger partial charge in [-0.25, -0.2) is 14.4 Å². The molecule has 2 aromatic heterocycles. The first kappa shape index (κ1) is 14.9. The second kappa shape index (κ2) is 5.98. The van der Waals surface area contributed by atoms with Crippen LogP contribution in [0.1, 0.15) is 11.4 Å². The lowest BCUT2D eigenvalue weighted by Gasteiger charge is -2.27. The molecule has 0 bridgehead atoms. The van der Waals surface area contributed by atoms with Gasteiger partial charge in [-0.2, -0.15) is 5.10 Å². The standard InChI is InChI=1S/C14H19FN6O/c1-9-12(11(8-22)19-20(9)2)13-10(15)7-17-14(18-13)21-5-3-16-4-6-21/h7,16,22H,3-6,8H2,1-2H3. The van der Waals surface area contributed by atoms with E-state index < -0.39 is 5.82 Å². The minimum atomic E-state index is -0.510. The summed E-state index contributed by atoms with van der Waals surface area (Å²) in [6, 6.07) is 0. The lowest BCUT2D eigenvalue weighted by Crippen LogP contribution is -2.44. The summed E-state index contributed by atoms with van der Waals surface area (Å²) in [5, 5.41) is 16.9. The second-order valence-corrected chi connectivity index (χ2v) is 5.29. The molecule has 22 heavy (non-hydrogen) atoms. The fourth-order valence-electron chi connectivity index (χ4n) is 2.65. The first-order chi connectivity index (χ1) is 10.6. The number of piperazine rings is 1. The van der Waals surface area contributed by atoms with E-state index in [1.807, 2.05) is 11.8 Å². The molecule has 0 atom stereocenters. The number of anilines is 1. The molecule has 1 fully saturated rings. The highest BCUT2D eigenvalue weighted by atomic mass is 19.1. The summed E-state index contributed by atoms with van der Waals surface area (Å²) >= 11 is 0. The van der Waals surface area contributed by atoms with E-state index in [4.69, 9.17) is 0 Å². The molecule has 118 valence electrons. The molecule has 0 unspecified atom stereocenters. The van der Waals surface area contributed by atoms with Gasteiger partial charge in [-0.05, 0) is 6.92 Å². The summed E-state index contributed by atoms with van der Waals surface area (Å²) in [5.41, 5.74) is 1.91. The van der Waals surface area contributed by atoms with E-state index in [-0.39, 0.29) is 12.3 Å². The number of aliphatic hydroxyl groups excluding tert-OH is 1. The van der Waals surface area contributed by atoms with Crippen molar-refractivity contribution in [1.82, 2.24) is 25.1 Å². The van der Waals surface area contributed by atoms with Crippen molar-refractivity contribution in [2.75, 3.05) is 31.1 Å². The van der Waals surface area contributed by atoms with Crippen molar-refractivity contribution >= 4 is 5.95 Å². The Morgan fingerprint density at radius 1 is 1.36 bits per heavy atom. The number of nitrogens with zero attached hydrogens (tertiary/aromatic N) is 5. The number of aliphatic hydroxyl groups is 1. The minimum absolute atomic E-state index is 0.193. The number of halogens is 1. The maximum absolute atomic E-state index is 14.3. The number of aryl methyl sites for hydroxylation is 1. The smallest absolute Gasteiger partial charge is 0.226 e. The van der Waals surface area contributed by atoms with Crippen LogP contribution in [0.2, 0.25) is 0 Å². The van der Waals surface area contributed by atoms with Crippen molar-refractivity contribution in [1.29, 1.82) is 0 Å². The van der Waals surface area contributed by atoms with E-state index in [0.717, 1.165) is 31.9 Å². The summed E-state index contributed by atoms with van der Waals surface area (Å²) < 4.78 is 15.9. The summed E-state index contributed by atoms with van der Waals surface area (Å²) in [5.74, 6) is -0.00488. The van der Waals surface area contributed by atoms with Crippen molar-refractivity contribution in [2.24, 2.45) is 7.05 Å². The van der Waals surface area contributed by atoms with Gasteiger partial charge in [0.25, 0.3) is 0 Å². The third-order valence-electron chi connectivity index (χ3n) is 3.92. The van der Waals surface area contributed by atoms with Crippen LogP contribution in [0.15, 0.2) is 6.20 Å². The molecule has 2 aromatic rings. The first-order valence-electron chi connectivity index (χ1n) is 7.23. The predicted octanol–water partition coefficient (Wildman–Crippen LogP) is 0.227. The highest BCUT2D eigenvalue weighted by Crippen LogP contribution is 2.28. The maximum Gasteiger partial charge on any atom is 0.226 e. The lowest BCUT2D eigenvalue weighted by molar-refractivity contribution is 0.276. The van der Waals surface area contributed by atoms with Gasteiger partial charge in [0, 0.05) is 44.5 Å². The largest absolute Gasteiger partial charge is 0.390 e. The molecule has 1 aliphatic rings. The summed E-state index contributed by atoms with van der Waals surface area (Å²) in [7, 11) is 1.76. The van der Waals surface area contributed by atoms with Gasteiger partial charge in [0.1, 0.15) is 5.69 Å². The van der Waals surface area contributed by atoms with Crippen LogP contribution in [0, 0.1) is 12.7 Å². The van der Waals surface area contributed by atoms with Crippen molar-refractivity contribution in [2.45, 2.75) is 13.5 Å². The molecule has 0 spiro atoms. The number of nitrogens with one attached hydrogen (secondary N) is 1. The summed E-state index contributed by atoms with van der Waals surface area (Å²) in [6.45, 7) is 4.83. The Kier molecular flexibility index (Phi) is 4.04. The molecule has 0 saturated carbocycles. The molecule has 0 radical (unpaired) electrons. The van der Waals surface area contributed by atoms with Gasteiger partial charge >= 0.3 is 0 Å². The normalized spacial score (nSPS) is 15.4. The zero-order valence-electron chi connectivity index (χ0n) is 12.7. The zero-order valence-corrected chi connectivity index (χ0v) is 12.7. The number of hydrogen-bond donors (Lipinski definition) is 2. The molecule has 0 amide bonds. The van der Waals surface area contributed by atoms with Crippen molar-refractivity contribution < 1.29 is 9.50 Å². The Labute approximate surface area is 127 Å². The summed E-state index contributed by atoms with van der Waals surface area (Å²) in [4.78, 5) is 10.5. The molecule has 0 aromatic carbocycles. The Morgan fingerprint density at radius 3 is 2.77 bits per heavy atom.